The van der Waals surface area contributed by atoms with Gasteiger partial charge in [0.15, 0.2) is 0 Å². The summed E-state index contributed by atoms with van der Waals surface area (Å²) in [5.74, 6) is 0.646. The predicted octanol–water partition coefficient (Wildman–Crippen LogP) is 2.03. The topological polar surface area (TPSA) is 81.9 Å². The summed E-state index contributed by atoms with van der Waals surface area (Å²) >= 11 is 1.30. The first-order valence-electron chi connectivity index (χ1n) is 7.81. The molecule has 0 aliphatic heterocycles. The van der Waals surface area contributed by atoms with Gasteiger partial charge in [-0.3, -0.25) is 4.79 Å². The number of tetrazole rings is 1. The lowest BCUT2D eigenvalue weighted by Crippen LogP contribution is -2.36. The molecule has 130 valence electrons. The molecule has 0 saturated heterocycles. The van der Waals surface area contributed by atoms with Crippen LogP contribution in [-0.2, 0) is 9.53 Å². The highest BCUT2D eigenvalue weighted by molar-refractivity contribution is 7.99. The summed E-state index contributed by atoms with van der Waals surface area (Å²) in [7, 11) is 1.61. The first kappa shape index (κ1) is 18.4. The molecule has 2 rings (SSSR count). The maximum absolute atomic E-state index is 11.9. The number of amides is 1. The lowest BCUT2D eigenvalue weighted by atomic mass is 10.0. The van der Waals surface area contributed by atoms with Crippen LogP contribution in [-0.4, -0.2) is 51.6 Å². The number of rotatable bonds is 8. The fraction of sp³-hybridized carbons (Fsp3) is 0.500. The number of carbonyl (C=O) groups is 1. The van der Waals surface area contributed by atoms with Gasteiger partial charge in [-0.2, -0.15) is 4.68 Å². The van der Waals surface area contributed by atoms with Crippen molar-refractivity contribution in [1.29, 1.82) is 0 Å². The number of ether oxygens (including phenoxy) is 1. The van der Waals surface area contributed by atoms with Crippen molar-refractivity contribution < 1.29 is 9.53 Å². The van der Waals surface area contributed by atoms with E-state index < -0.39 is 0 Å². The van der Waals surface area contributed by atoms with E-state index in [1.807, 2.05) is 19.1 Å². The van der Waals surface area contributed by atoms with E-state index in [-0.39, 0.29) is 17.7 Å². The van der Waals surface area contributed by atoms with Crippen molar-refractivity contribution in [3.63, 3.8) is 0 Å². The number of hydrogen-bond donors (Lipinski definition) is 1. The van der Waals surface area contributed by atoms with E-state index in [1.54, 1.807) is 11.8 Å². The molecule has 8 heteroatoms. The first-order valence-corrected chi connectivity index (χ1v) is 8.79. The van der Waals surface area contributed by atoms with Crippen LogP contribution in [0.4, 0.5) is 0 Å². The maximum atomic E-state index is 11.9. The van der Waals surface area contributed by atoms with Crippen LogP contribution in [0, 0.1) is 0 Å². The minimum Gasteiger partial charge on any atom is -0.383 e. The molecule has 0 aliphatic rings. The SMILES string of the molecule is COC[C@H](C)NC(=O)CSc1nnnn1-c1ccc(C(C)C)cc1. The third kappa shape index (κ3) is 5.04. The summed E-state index contributed by atoms with van der Waals surface area (Å²) in [6.45, 7) is 6.68. The molecule has 0 aliphatic carbocycles. The monoisotopic (exact) mass is 349 g/mol. The zero-order chi connectivity index (χ0) is 17.5. The molecule has 0 saturated carbocycles. The van der Waals surface area contributed by atoms with E-state index in [1.165, 1.54) is 17.3 Å². The Balaban J connectivity index is 1.99. The van der Waals surface area contributed by atoms with Crippen LogP contribution >= 0.6 is 11.8 Å². The van der Waals surface area contributed by atoms with Crippen LogP contribution in [0.25, 0.3) is 5.69 Å². The second kappa shape index (κ2) is 8.79. The molecule has 1 aromatic heterocycles. The van der Waals surface area contributed by atoms with Crippen molar-refractivity contribution in [2.45, 2.75) is 37.9 Å². The number of carbonyl (C=O) groups excluding carboxylic acids is 1. The van der Waals surface area contributed by atoms with Crippen molar-refractivity contribution in [3.05, 3.63) is 29.8 Å². The van der Waals surface area contributed by atoms with Gasteiger partial charge in [0.1, 0.15) is 0 Å². The van der Waals surface area contributed by atoms with E-state index in [4.69, 9.17) is 4.74 Å². The summed E-state index contributed by atoms with van der Waals surface area (Å²) in [5.41, 5.74) is 2.13. The zero-order valence-electron chi connectivity index (χ0n) is 14.4. The lowest BCUT2D eigenvalue weighted by molar-refractivity contribution is -0.119. The Kier molecular flexibility index (Phi) is 6.74. The molecule has 2 aromatic rings. The molecule has 1 N–H and O–H groups in total. The third-order valence-electron chi connectivity index (χ3n) is 3.40. The average Bonchev–Trinajstić information content (AvgIpc) is 3.01. The fourth-order valence-corrected chi connectivity index (χ4v) is 2.87. The minimum atomic E-state index is -0.0748. The standard InChI is InChI=1S/C16H23N5O2S/c1-11(2)13-5-7-14(8-6-13)21-16(18-19-20-21)24-10-15(22)17-12(3)9-23-4/h5-8,11-12H,9-10H2,1-4H3,(H,17,22)/t12-/m0/s1. The Morgan fingerprint density at radius 3 is 2.62 bits per heavy atom. The van der Waals surface area contributed by atoms with Crippen molar-refractivity contribution in [3.8, 4) is 5.69 Å². The van der Waals surface area contributed by atoms with Crippen LogP contribution in [0.5, 0.6) is 0 Å². The van der Waals surface area contributed by atoms with Gasteiger partial charge in [0, 0.05) is 13.2 Å². The van der Waals surface area contributed by atoms with E-state index in [9.17, 15) is 4.79 Å². The van der Waals surface area contributed by atoms with Crippen LogP contribution in [0.1, 0.15) is 32.3 Å². The van der Waals surface area contributed by atoms with Crippen molar-refractivity contribution in [2.75, 3.05) is 19.5 Å². The van der Waals surface area contributed by atoms with Gasteiger partial charge in [-0.15, -0.1) is 5.10 Å². The molecule has 0 bridgehead atoms. The van der Waals surface area contributed by atoms with E-state index in [0.29, 0.717) is 17.7 Å². The molecule has 1 heterocycles. The summed E-state index contributed by atoms with van der Waals surface area (Å²) in [6.07, 6.45) is 0. The summed E-state index contributed by atoms with van der Waals surface area (Å²) < 4.78 is 6.64. The van der Waals surface area contributed by atoms with Crippen LogP contribution in [0.3, 0.4) is 0 Å². The van der Waals surface area contributed by atoms with E-state index >= 15 is 0 Å². The van der Waals surface area contributed by atoms with E-state index in [0.717, 1.165) is 5.69 Å². The third-order valence-corrected chi connectivity index (χ3v) is 4.32. The Morgan fingerprint density at radius 1 is 1.29 bits per heavy atom. The fourth-order valence-electron chi connectivity index (χ4n) is 2.17. The molecule has 0 spiro atoms. The molecule has 0 radical (unpaired) electrons. The second-order valence-corrected chi connectivity index (χ2v) is 6.77. The Hall–Kier alpha value is -1.93. The number of hydrogen-bond acceptors (Lipinski definition) is 6. The van der Waals surface area contributed by atoms with Gasteiger partial charge in [-0.25, -0.2) is 0 Å². The van der Waals surface area contributed by atoms with Crippen molar-refractivity contribution in [1.82, 2.24) is 25.5 Å². The first-order chi connectivity index (χ1) is 11.5. The summed E-state index contributed by atoms with van der Waals surface area (Å²) in [5, 5.41) is 15.2. The highest BCUT2D eigenvalue weighted by atomic mass is 32.2. The molecular weight excluding hydrogens is 326 g/mol. The van der Waals surface area contributed by atoms with E-state index in [2.05, 4.69) is 46.8 Å². The quantitative estimate of drug-likeness (QED) is 0.734. The number of methoxy groups -OCH3 is 1. The molecule has 7 nitrogen and oxygen atoms in total. The molecule has 1 atom stereocenters. The van der Waals surface area contributed by atoms with Crippen molar-refractivity contribution in [2.24, 2.45) is 0 Å². The smallest absolute Gasteiger partial charge is 0.230 e. The van der Waals surface area contributed by atoms with Gasteiger partial charge in [0.05, 0.1) is 18.0 Å². The molecular formula is C16H23N5O2S. The molecule has 1 amide bonds. The molecule has 24 heavy (non-hydrogen) atoms. The normalized spacial score (nSPS) is 12.4. The van der Waals surface area contributed by atoms with Gasteiger partial charge in [-0.1, -0.05) is 37.7 Å². The number of benzene rings is 1. The highest BCUT2D eigenvalue weighted by Gasteiger charge is 2.13. The number of thioether (sulfide) groups is 1. The number of aromatic nitrogens is 4. The lowest BCUT2D eigenvalue weighted by Gasteiger charge is -2.12. The summed E-state index contributed by atoms with van der Waals surface area (Å²) in [6, 6.07) is 8.07. The zero-order valence-corrected chi connectivity index (χ0v) is 15.2. The highest BCUT2D eigenvalue weighted by Crippen LogP contribution is 2.20. The van der Waals surface area contributed by atoms with Gasteiger partial charge in [0.25, 0.3) is 0 Å². The maximum Gasteiger partial charge on any atom is 0.230 e. The molecule has 0 unspecified atom stereocenters. The number of nitrogens with one attached hydrogen (secondary N) is 1. The molecule has 1 aromatic carbocycles. The Bertz CT molecular complexity index is 657. The van der Waals surface area contributed by atoms with Gasteiger partial charge in [-0.05, 0) is 41.0 Å². The van der Waals surface area contributed by atoms with Gasteiger partial charge < -0.3 is 10.1 Å². The second-order valence-electron chi connectivity index (χ2n) is 5.83. The summed E-state index contributed by atoms with van der Waals surface area (Å²) in [4.78, 5) is 11.9. The van der Waals surface area contributed by atoms with Crippen molar-refractivity contribution >= 4 is 17.7 Å². The number of nitrogens with zero attached hydrogens (tertiary/aromatic N) is 4. The predicted molar refractivity (Wildman–Crippen MR) is 93.4 cm³/mol. The van der Waals surface area contributed by atoms with Crippen LogP contribution < -0.4 is 5.32 Å². The van der Waals surface area contributed by atoms with Gasteiger partial charge in [0.2, 0.25) is 11.1 Å². The Labute approximate surface area is 146 Å². The Morgan fingerprint density at radius 2 is 2.00 bits per heavy atom. The van der Waals surface area contributed by atoms with Crippen LogP contribution in [0.2, 0.25) is 0 Å². The minimum absolute atomic E-state index is 0.0253. The molecule has 0 fully saturated rings. The van der Waals surface area contributed by atoms with Gasteiger partial charge >= 0.3 is 0 Å². The van der Waals surface area contributed by atoms with Crippen LogP contribution in [0.15, 0.2) is 29.4 Å². The average molecular weight is 349 g/mol. The largest absolute Gasteiger partial charge is 0.383 e.